The predicted octanol–water partition coefficient (Wildman–Crippen LogP) is 1.64. The minimum atomic E-state index is -0.467. The van der Waals surface area contributed by atoms with Gasteiger partial charge in [0.1, 0.15) is 0 Å². The van der Waals surface area contributed by atoms with Crippen LogP contribution in [0.15, 0.2) is 30.3 Å². The van der Waals surface area contributed by atoms with Gasteiger partial charge in [0.2, 0.25) is 0 Å². The first-order valence-corrected chi connectivity index (χ1v) is 5.24. The molecule has 0 amide bonds. The molecular formula is C9H9NO2S. The SMILES string of the molecule is c1ccc(C2NC3(CS2)OO3)cc1. The zero-order chi connectivity index (χ0) is 8.73. The number of rotatable bonds is 1. The smallest absolute Gasteiger partial charge is 0.245 e. The van der Waals surface area contributed by atoms with Gasteiger partial charge in [0, 0.05) is 0 Å². The lowest BCUT2D eigenvalue weighted by Gasteiger charge is -2.08. The number of hydrogen-bond donors (Lipinski definition) is 1. The van der Waals surface area contributed by atoms with Crippen molar-refractivity contribution < 1.29 is 9.78 Å². The third kappa shape index (κ3) is 1.36. The molecule has 4 heteroatoms. The third-order valence-electron chi connectivity index (χ3n) is 2.18. The van der Waals surface area contributed by atoms with Crippen molar-refractivity contribution in [3.05, 3.63) is 35.9 Å². The van der Waals surface area contributed by atoms with E-state index in [0.29, 0.717) is 5.37 Å². The molecule has 2 aliphatic rings. The van der Waals surface area contributed by atoms with Crippen LogP contribution in [-0.4, -0.2) is 11.7 Å². The van der Waals surface area contributed by atoms with Crippen LogP contribution in [0.25, 0.3) is 0 Å². The van der Waals surface area contributed by atoms with E-state index in [-0.39, 0.29) is 0 Å². The van der Waals surface area contributed by atoms with Crippen LogP contribution >= 0.6 is 11.8 Å². The summed E-state index contributed by atoms with van der Waals surface area (Å²) in [5.74, 6) is 0.387. The summed E-state index contributed by atoms with van der Waals surface area (Å²) in [4.78, 5) is 9.75. The van der Waals surface area contributed by atoms with Gasteiger partial charge in [0.05, 0.1) is 11.1 Å². The second-order valence-electron chi connectivity index (χ2n) is 3.17. The Kier molecular flexibility index (Phi) is 1.63. The van der Waals surface area contributed by atoms with Gasteiger partial charge in [-0.15, -0.1) is 11.8 Å². The molecule has 2 heterocycles. The maximum absolute atomic E-state index is 4.88. The minimum Gasteiger partial charge on any atom is -0.245 e. The van der Waals surface area contributed by atoms with Crippen LogP contribution in [0.1, 0.15) is 10.9 Å². The molecule has 1 N–H and O–H groups in total. The Morgan fingerprint density at radius 2 is 2.08 bits per heavy atom. The van der Waals surface area contributed by atoms with E-state index in [9.17, 15) is 0 Å². The molecule has 0 saturated carbocycles. The van der Waals surface area contributed by atoms with Crippen molar-refractivity contribution in [2.75, 3.05) is 5.75 Å². The van der Waals surface area contributed by atoms with Crippen molar-refractivity contribution in [1.29, 1.82) is 0 Å². The van der Waals surface area contributed by atoms with Crippen LogP contribution in [-0.2, 0) is 9.78 Å². The van der Waals surface area contributed by atoms with Crippen LogP contribution < -0.4 is 5.32 Å². The van der Waals surface area contributed by atoms with E-state index in [1.807, 2.05) is 18.2 Å². The third-order valence-corrected chi connectivity index (χ3v) is 3.45. The summed E-state index contributed by atoms with van der Waals surface area (Å²) in [6, 6.07) is 10.3. The van der Waals surface area contributed by atoms with Gasteiger partial charge in [0.25, 0.3) is 5.91 Å². The summed E-state index contributed by atoms with van der Waals surface area (Å²) in [5.41, 5.74) is 1.27. The normalized spacial score (nSPS) is 29.4. The van der Waals surface area contributed by atoms with Gasteiger partial charge in [-0.25, -0.2) is 5.32 Å². The lowest BCUT2D eigenvalue weighted by Crippen LogP contribution is -2.28. The molecule has 0 radical (unpaired) electrons. The molecular weight excluding hydrogens is 186 g/mol. The fourth-order valence-corrected chi connectivity index (χ4v) is 2.61. The summed E-state index contributed by atoms with van der Waals surface area (Å²) in [7, 11) is 0. The maximum atomic E-state index is 4.88. The molecule has 0 aromatic heterocycles. The van der Waals surface area contributed by atoms with Gasteiger partial charge in [-0.1, -0.05) is 30.3 Å². The van der Waals surface area contributed by atoms with Crippen LogP contribution in [0.5, 0.6) is 0 Å². The largest absolute Gasteiger partial charge is 0.297 e. The fraction of sp³-hybridized carbons (Fsp3) is 0.333. The molecule has 0 bridgehead atoms. The Morgan fingerprint density at radius 3 is 2.69 bits per heavy atom. The molecule has 2 aliphatic heterocycles. The van der Waals surface area contributed by atoms with Crippen molar-refractivity contribution in [2.24, 2.45) is 0 Å². The number of hydrogen-bond acceptors (Lipinski definition) is 4. The molecule has 13 heavy (non-hydrogen) atoms. The molecule has 2 saturated heterocycles. The van der Waals surface area contributed by atoms with Crippen molar-refractivity contribution in [1.82, 2.24) is 5.32 Å². The van der Waals surface area contributed by atoms with E-state index < -0.39 is 5.91 Å². The molecule has 1 aromatic carbocycles. The summed E-state index contributed by atoms with van der Waals surface area (Å²) < 4.78 is 0. The minimum absolute atomic E-state index is 0.295. The van der Waals surface area contributed by atoms with Gasteiger partial charge in [-0.2, -0.15) is 9.78 Å². The molecule has 3 rings (SSSR count). The van der Waals surface area contributed by atoms with Crippen molar-refractivity contribution in [2.45, 2.75) is 11.3 Å². The number of thioether (sulfide) groups is 1. The summed E-state index contributed by atoms with van der Waals surface area (Å²) in [6.07, 6.45) is 0. The van der Waals surface area contributed by atoms with Crippen molar-refractivity contribution >= 4 is 11.8 Å². The van der Waals surface area contributed by atoms with Gasteiger partial charge in [-0.3, -0.25) is 0 Å². The van der Waals surface area contributed by atoms with Crippen LogP contribution in [0, 0.1) is 0 Å². The van der Waals surface area contributed by atoms with Crippen molar-refractivity contribution in [3.63, 3.8) is 0 Å². The quantitative estimate of drug-likeness (QED) is 0.546. The Morgan fingerprint density at radius 1 is 1.31 bits per heavy atom. The first-order valence-electron chi connectivity index (χ1n) is 4.19. The van der Waals surface area contributed by atoms with E-state index in [2.05, 4.69) is 17.4 Å². The second kappa shape index (κ2) is 2.72. The molecule has 0 aliphatic carbocycles. The van der Waals surface area contributed by atoms with Crippen LogP contribution in [0.3, 0.4) is 0 Å². The lowest BCUT2D eigenvalue weighted by molar-refractivity contribution is 0.0850. The van der Waals surface area contributed by atoms with Crippen LogP contribution in [0.4, 0.5) is 0 Å². The Labute approximate surface area is 80.3 Å². The predicted molar refractivity (Wildman–Crippen MR) is 49.7 cm³/mol. The Balaban J connectivity index is 1.80. The summed E-state index contributed by atoms with van der Waals surface area (Å²) in [6.45, 7) is 0. The highest BCUT2D eigenvalue weighted by atomic mass is 32.2. The highest BCUT2D eigenvalue weighted by Crippen LogP contribution is 2.44. The Hall–Kier alpha value is -0.550. The second-order valence-corrected chi connectivity index (χ2v) is 4.26. The zero-order valence-corrected chi connectivity index (χ0v) is 7.71. The van der Waals surface area contributed by atoms with Gasteiger partial charge in [0.15, 0.2) is 0 Å². The average Bonchev–Trinajstić information content (AvgIpc) is 2.78. The van der Waals surface area contributed by atoms with Gasteiger partial charge in [-0.05, 0) is 5.56 Å². The van der Waals surface area contributed by atoms with E-state index in [0.717, 1.165) is 5.75 Å². The molecule has 2 fully saturated rings. The van der Waals surface area contributed by atoms with Crippen molar-refractivity contribution in [3.8, 4) is 0 Å². The van der Waals surface area contributed by atoms with Gasteiger partial charge >= 0.3 is 0 Å². The Bertz CT molecular complexity index is 313. The first-order chi connectivity index (χ1) is 6.38. The fourth-order valence-electron chi connectivity index (χ4n) is 1.43. The first kappa shape index (κ1) is 7.82. The lowest BCUT2D eigenvalue weighted by atomic mass is 10.2. The highest BCUT2D eigenvalue weighted by molar-refractivity contribution is 7.99. The highest BCUT2D eigenvalue weighted by Gasteiger charge is 2.55. The summed E-state index contributed by atoms with van der Waals surface area (Å²) >= 11 is 1.80. The molecule has 1 spiro atoms. The number of nitrogens with one attached hydrogen (secondary N) is 1. The average molecular weight is 195 g/mol. The van der Waals surface area contributed by atoms with Gasteiger partial charge < -0.3 is 0 Å². The van der Waals surface area contributed by atoms with E-state index in [4.69, 9.17) is 9.78 Å². The molecule has 1 unspecified atom stereocenters. The monoisotopic (exact) mass is 195 g/mol. The molecule has 3 nitrogen and oxygen atoms in total. The standard InChI is InChI=1S/C9H9NO2S/c1-2-4-7(5-3-1)8-10-9(6-13-8)11-12-9/h1-5,8,10H,6H2. The van der Waals surface area contributed by atoms with Crippen LogP contribution in [0.2, 0.25) is 0 Å². The van der Waals surface area contributed by atoms with E-state index >= 15 is 0 Å². The molecule has 68 valence electrons. The maximum Gasteiger partial charge on any atom is 0.297 e. The number of benzene rings is 1. The molecule has 1 atom stereocenters. The zero-order valence-electron chi connectivity index (χ0n) is 6.90. The van der Waals surface area contributed by atoms with E-state index in [1.54, 1.807) is 11.8 Å². The summed E-state index contributed by atoms with van der Waals surface area (Å²) in [5, 5.41) is 3.57. The molecule has 1 aromatic rings. The topological polar surface area (TPSA) is 37.1 Å². The van der Waals surface area contributed by atoms with E-state index in [1.165, 1.54) is 5.56 Å².